The fourth-order valence-electron chi connectivity index (χ4n) is 3.60. The fourth-order valence-corrected chi connectivity index (χ4v) is 4.41. The second kappa shape index (κ2) is 10.3. The Hall–Kier alpha value is -2.31. The number of aliphatic hydroxyl groups excluding tert-OH is 1. The molecule has 33 heavy (non-hydrogen) atoms. The molecule has 1 aromatic carbocycles. The largest absolute Gasteiger partial charge is 0.416 e. The van der Waals surface area contributed by atoms with Gasteiger partial charge in [0.05, 0.1) is 22.6 Å². The summed E-state index contributed by atoms with van der Waals surface area (Å²) in [5.74, 6) is 0.440. The van der Waals surface area contributed by atoms with E-state index in [9.17, 15) is 31.1 Å². The highest BCUT2D eigenvalue weighted by Crippen LogP contribution is 2.38. The van der Waals surface area contributed by atoms with Crippen LogP contribution in [0.4, 0.5) is 31.1 Å². The van der Waals surface area contributed by atoms with Crippen molar-refractivity contribution in [1.82, 2.24) is 10.2 Å². The van der Waals surface area contributed by atoms with Crippen molar-refractivity contribution in [2.24, 2.45) is 10.9 Å². The Kier molecular flexibility index (Phi) is 7.91. The van der Waals surface area contributed by atoms with Crippen LogP contribution in [0, 0.1) is 5.92 Å². The minimum Gasteiger partial charge on any atom is -0.392 e. The molecule has 1 aromatic rings. The number of hydrogen-bond acceptors (Lipinski definition) is 5. The van der Waals surface area contributed by atoms with E-state index >= 15 is 0 Å². The Balaban J connectivity index is 1.67. The monoisotopic (exact) mass is 493 g/mol. The Morgan fingerprint density at radius 2 is 1.85 bits per heavy atom. The molecule has 2 N–H and O–H groups in total. The SMILES string of the molecule is O=C1NC(=N/C=C\CO)/C(=C\C2CCN(Cc3ccc(C(F)(F)F)cc3C(F)(F)F)CC2)S1. The van der Waals surface area contributed by atoms with E-state index in [2.05, 4.69) is 10.3 Å². The first-order valence-corrected chi connectivity index (χ1v) is 10.8. The van der Waals surface area contributed by atoms with Crippen molar-refractivity contribution >= 4 is 22.8 Å². The Morgan fingerprint density at radius 1 is 1.15 bits per heavy atom. The maximum atomic E-state index is 13.4. The number of carbonyl (C=O) groups is 1. The zero-order valence-electron chi connectivity index (χ0n) is 17.2. The molecule has 0 spiro atoms. The lowest BCUT2D eigenvalue weighted by atomic mass is 9.95. The predicted molar refractivity (Wildman–Crippen MR) is 112 cm³/mol. The van der Waals surface area contributed by atoms with Crippen LogP contribution in [0.25, 0.3) is 0 Å². The normalized spacial score (nSPS) is 21.5. The second-order valence-corrected chi connectivity index (χ2v) is 8.59. The molecule has 2 saturated heterocycles. The Morgan fingerprint density at radius 3 is 2.45 bits per heavy atom. The standard InChI is InChI=1S/C21H21F6N3O2S/c22-20(23,24)15-3-2-14(16(11-15)21(25,26)27)12-30-7-4-13(5-8-30)10-17-18(28-6-1-9-31)29-19(32)33-17/h1-3,6,10-11,13,31H,4-5,7-9,12H2,(H,28,29,32)/b6-1-,17-10+. The molecule has 0 bridgehead atoms. The van der Waals surface area contributed by atoms with Gasteiger partial charge in [0.25, 0.3) is 5.24 Å². The van der Waals surface area contributed by atoms with Gasteiger partial charge in [-0.25, -0.2) is 4.99 Å². The van der Waals surface area contributed by atoms with E-state index in [0.717, 1.165) is 17.8 Å². The summed E-state index contributed by atoms with van der Waals surface area (Å²) >= 11 is 0.990. The Labute approximate surface area is 190 Å². The maximum absolute atomic E-state index is 13.4. The van der Waals surface area contributed by atoms with Crippen molar-refractivity contribution < 1.29 is 36.2 Å². The van der Waals surface area contributed by atoms with Gasteiger partial charge in [-0.15, -0.1) is 0 Å². The van der Waals surface area contributed by atoms with Crippen LogP contribution in [0.3, 0.4) is 0 Å². The van der Waals surface area contributed by atoms with E-state index < -0.39 is 23.5 Å². The molecule has 0 aliphatic carbocycles. The molecule has 2 heterocycles. The molecule has 180 valence electrons. The van der Waals surface area contributed by atoms with Gasteiger partial charge in [0.2, 0.25) is 0 Å². The molecule has 0 atom stereocenters. The number of halogens is 6. The lowest BCUT2D eigenvalue weighted by molar-refractivity contribution is -0.143. The van der Waals surface area contributed by atoms with Gasteiger partial charge in [0.1, 0.15) is 5.84 Å². The third kappa shape index (κ3) is 6.84. The van der Waals surface area contributed by atoms with Crippen molar-refractivity contribution in [3.63, 3.8) is 0 Å². The molecule has 2 aliphatic rings. The van der Waals surface area contributed by atoms with Crippen LogP contribution >= 0.6 is 11.8 Å². The second-order valence-electron chi connectivity index (χ2n) is 7.57. The topological polar surface area (TPSA) is 64.9 Å². The van der Waals surface area contributed by atoms with E-state index in [1.807, 2.05) is 6.08 Å². The first-order valence-electron chi connectivity index (χ1n) is 10.0. The number of piperidine rings is 1. The van der Waals surface area contributed by atoms with Gasteiger partial charge in [-0.1, -0.05) is 12.1 Å². The zero-order valence-corrected chi connectivity index (χ0v) is 18.0. The number of aliphatic hydroxyl groups is 1. The number of nitrogens with one attached hydrogen (secondary N) is 1. The van der Waals surface area contributed by atoms with Gasteiger partial charge >= 0.3 is 12.4 Å². The molecule has 2 aliphatic heterocycles. The van der Waals surface area contributed by atoms with Crippen LogP contribution in [0.5, 0.6) is 0 Å². The van der Waals surface area contributed by atoms with Gasteiger partial charge in [-0.3, -0.25) is 9.69 Å². The van der Waals surface area contributed by atoms with Crippen molar-refractivity contribution in [2.45, 2.75) is 31.7 Å². The number of carbonyl (C=O) groups excluding carboxylic acids is 1. The number of hydrogen-bond donors (Lipinski definition) is 2. The van der Waals surface area contributed by atoms with E-state index in [0.29, 0.717) is 42.7 Å². The number of allylic oxidation sites excluding steroid dienone is 1. The number of alkyl halides is 6. The summed E-state index contributed by atoms with van der Waals surface area (Å²) in [5.41, 5.74) is -2.80. The minimum atomic E-state index is -4.89. The first-order chi connectivity index (χ1) is 15.5. The number of amidine groups is 1. The summed E-state index contributed by atoms with van der Waals surface area (Å²) in [6.45, 7) is 0.611. The number of amides is 1. The van der Waals surface area contributed by atoms with E-state index in [-0.39, 0.29) is 35.9 Å². The summed E-state index contributed by atoms with van der Waals surface area (Å²) in [5, 5.41) is 11.1. The molecule has 12 heteroatoms. The van der Waals surface area contributed by atoms with Crippen LogP contribution in [-0.4, -0.2) is 40.8 Å². The number of benzene rings is 1. The van der Waals surface area contributed by atoms with Gasteiger partial charge in [0.15, 0.2) is 0 Å². The quantitative estimate of drug-likeness (QED) is 0.555. The Bertz CT molecular complexity index is 964. The highest BCUT2D eigenvalue weighted by atomic mass is 32.2. The molecule has 5 nitrogen and oxygen atoms in total. The number of thioether (sulfide) groups is 1. The van der Waals surface area contributed by atoms with E-state index in [1.165, 1.54) is 12.3 Å². The molecule has 2 fully saturated rings. The highest BCUT2D eigenvalue weighted by molar-refractivity contribution is 8.18. The summed E-state index contributed by atoms with van der Waals surface area (Å²) in [6, 6.07) is 1.74. The van der Waals surface area contributed by atoms with E-state index in [4.69, 9.17) is 5.11 Å². The fraction of sp³-hybridized carbons (Fsp3) is 0.429. The average Bonchev–Trinajstić information content (AvgIpc) is 3.07. The third-order valence-corrected chi connectivity index (χ3v) is 6.06. The van der Waals surface area contributed by atoms with Gasteiger partial charge < -0.3 is 10.4 Å². The summed E-state index contributed by atoms with van der Waals surface area (Å²) in [6.07, 6.45) is -3.84. The molecule has 0 unspecified atom stereocenters. The summed E-state index contributed by atoms with van der Waals surface area (Å²) < 4.78 is 78.7. The summed E-state index contributed by atoms with van der Waals surface area (Å²) in [7, 11) is 0. The van der Waals surface area contributed by atoms with Gasteiger partial charge in [-0.05, 0) is 67.4 Å². The van der Waals surface area contributed by atoms with Gasteiger partial charge in [-0.2, -0.15) is 26.3 Å². The number of nitrogens with zero attached hydrogens (tertiary/aromatic N) is 2. The molecule has 0 radical (unpaired) electrons. The van der Waals surface area contributed by atoms with Crippen molar-refractivity contribution in [3.8, 4) is 0 Å². The molecule has 3 rings (SSSR count). The lowest BCUT2D eigenvalue weighted by Gasteiger charge is -2.31. The molecular weight excluding hydrogens is 472 g/mol. The first kappa shape index (κ1) is 25.3. The van der Waals surface area contributed by atoms with Gasteiger partial charge in [0, 0.05) is 12.7 Å². The maximum Gasteiger partial charge on any atom is 0.416 e. The van der Waals surface area contributed by atoms with Crippen molar-refractivity contribution in [2.75, 3.05) is 19.7 Å². The van der Waals surface area contributed by atoms with Crippen LogP contribution in [0.15, 0.2) is 46.4 Å². The minimum absolute atomic E-state index is 0.0677. The molecule has 1 amide bonds. The highest BCUT2D eigenvalue weighted by Gasteiger charge is 2.38. The van der Waals surface area contributed by atoms with Crippen LogP contribution < -0.4 is 5.32 Å². The third-order valence-electron chi connectivity index (χ3n) is 5.23. The zero-order chi connectivity index (χ0) is 24.2. The number of aliphatic imine (C=N–C) groups is 1. The van der Waals surface area contributed by atoms with Crippen molar-refractivity contribution in [3.05, 3.63) is 58.1 Å². The number of rotatable bonds is 5. The average molecular weight is 493 g/mol. The van der Waals surface area contributed by atoms with Crippen LogP contribution in [0.2, 0.25) is 0 Å². The smallest absolute Gasteiger partial charge is 0.392 e. The van der Waals surface area contributed by atoms with Crippen molar-refractivity contribution in [1.29, 1.82) is 0 Å². The molecule has 0 saturated carbocycles. The lowest BCUT2D eigenvalue weighted by Crippen LogP contribution is -2.33. The molecule has 0 aromatic heterocycles. The number of likely N-dealkylation sites (tertiary alicyclic amines) is 1. The van der Waals surface area contributed by atoms with Crippen LogP contribution in [0.1, 0.15) is 29.5 Å². The predicted octanol–water partition coefficient (Wildman–Crippen LogP) is 5.18. The summed E-state index contributed by atoms with van der Waals surface area (Å²) in [4.78, 5) is 18.2. The molecular formula is C21H21F6N3O2S. The van der Waals surface area contributed by atoms with E-state index in [1.54, 1.807) is 4.90 Å². The van der Waals surface area contributed by atoms with Crippen LogP contribution in [-0.2, 0) is 18.9 Å².